The molecule has 1 heterocycles. The molecular weight excluding hydrogens is 304 g/mol. The van der Waals surface area contributed by atoms with E-state index >= 15 is 0 Å². The number of nitrogens with zero attached hydrogens (tertiary/aromatic N) is 1. The van der Waals surface area contributed by atoms with Crippen LogP contribution >= 0.6 is 11.6 Å². The van der Waals surface area contributed by atoms with Crippen LogP contribution < -0.4 is 10.5 Å². The molecule has 0 aromatic heterocycles. The van der Waals surface area contributed by atoms with Crippen molar-refractivity contribution in [1.29, 1.82) is 0 Å². The number of anilines is 1. The van der Waals surface area contributed by atoms with Gasteiger partial charge in [0.15, 0.2) is 0 Å². The van der Waals surface area contributed by atoms with Crippen molar-refractivity contribution < 1.29 is 14.3 Å². The van der Waals surface area contributed by atoms with Crippen molar-refractivity contribution in [2.75, 3.05) is 32.5 Å². The molecule has 1 amide bonds. The summed E-state index contributed by atoms with van der Waals surface area (Å²) in [6.45, 7) is 6.20. The van der Waals surface area contributed by atoms with Crippen molar-refractivity contribution in [3.8, 4) is 5.75 Å². The number of rotatable bonds is 5. The molecule has 1 saturated heterocycles. The zero-order valence-corrected chi connectivity index (χ0v) is 14.0. The van der Waals surface area contributed by atoms with Crippen molar-refractivity contribution in [1.82, 2.24) is 4.90 Å². The van der Waals surface area contributed by atoms with Crippen LogP contribution in [0, 0.1) is 5.92 Å². The molecule has 0 aliphatic carbocycles. The number of nitrogens with two attached hydrogens (primary N) is 1. The Morgan fingerprint density at radius 3 is 2.86 bits per heavy atom. The van der Waals surface area contributed by atoms with Crippen LogP contribution in [0.25, 0.3) is 0 Å². The summed E-state index contributed by atoms with van der Waals surface area (Å²) in [4.78, 5) is 14.4. The fraction of sp³-hybridized carbons (Fsp3) is 0.562. The van der Waals surface area contributed by atoms with Gasteiger partial charge in [0, 0.05) is 25.8 Å². The lowest BCUT2D eigenvalue weighted by Crippen LogP contribution is -2.30. The Hall–Kier alpha value is -1.46. The molecule has 1 aromatic rings. The van der Waals surface area contributed by atoms with E-state index in [1.165, 1.54) is 7.11 Å². The van der Waals surface area contributed by atoms with Crippen molar-refractivity contribution in [3.63, 3.8) is 0 Å². The summed E-state index contributed by atoms with van der Waals surface area (Å²) in [5.41, 5.74) is 6.59. The first-order valence-corrected chi connectivity index (χ1v) is 7.84. The van der Waals surface area contributed by atoms with Crippen molar-refractivity contribution >= 4 is 23.2 Å². The van der Waals surface area contributed by atoms with E-state index < -0.39 is 0 Å². The summed E-state index contributed by atoms with van der Waals surface area (Å²) in [5.74, 6) is 0.827. The van der Waals surface area contributed by atoms with Gasteiger partial charge in [-0.15, -0.1) is 0 Å². The second-order valence-electron chi connectivity index (χ2n) is 5.96. The molecule has 1 atom stereocenters. The van der Waals surface area contributed by atoms with Crippen molar-refractivity contribution in [3.05, 3.63) is 22.7 Å². The summed E-state index contributed by atoms with van der Waals surface area (Å²) in [6, 6.07) is 3.15. The topological polar surface area (TPSA) is 64.8 Å². The molecule has 2 rings (SSSR count). The van der Waals surface area contributed by atoms with Gasteiger partial charge < -0.3 is 20.1 Å². The summed E-state index contributed by atoms with van der Waals surface area (Å²) in [7, 11) is 1.51. The van der Waals surface area contributed by atoms with Gasteiger partial charge in [0.25, 0.3) is 5.91 Å². The Balaban J connectivity index is 2.08. The van der Waals surface area contributed by atoms with E-state index in [2.05, 4.69) is 13.8 Å². The van der Waals surface area contributed by atoms with Gasteiger partial charge in [-0.2, -0.15) is 0 Å². The summed E-state index contributed by atoms with van der Waals surface area (Å²) >= 11 is 6.03. The Labute approximate surface area is 136 Å². The largest absolute Gasteiger partial charge is 0.496 e. The van der Waals surface area contributed by atoms with Crippen LogP contribution in [0.1, 0.15) is 30.6 Å². The third-order valence-corrected chi connectivity index (χ3v) is 3.97. The lowest BCUT2D eigenvalue weighted by atomic mass is 10.1. The molecule has 1 aliphatic heterocycles. The van der Waals surface area contributed by atoms with E-state index in [9.17, 15) is 4.79 Å². The molecule has 0 saturated carbocycles. The number of benzene rings is 1. The van der Waals surface area contributed by atoms with Crippen LogP contribution in [-0.2, 0) is 4.74 Å². The average molecular weight is 327 g/mol. The second kappa shape index (κ2) is 7.20. The summed E-state index contributed by atoms with van der Waals surface area (Å²) in [6.07, 6.45) is 0.949. The Morgan fingerprint density at radius 2 is 2.23 bits per heavy atom. The number of nitrogen functional groups attached to an aromatic ring is 1. The number of ether oxygens (including phenoxy) is 2. The van der Waals surface area contributed by atoms with Gasteiger partial charge in [-0.05, 0) is 18.4 Å². The minimum atomic E-state index is -0.102. The molecule has 6 heteroatoms. The first-order valence-electron chi connectivity index (χ1n) is 7.46. The number of halogens is 1. The first kappa shape index (κ1) is 16.9. The molecule has 2 N–H and O–H groups in total. The second-order valence-corrected chi connectivity index (χ2v) is 6.37. The van der Waals surface area contributed by atoms with E-state index in [0.717, 1.165) is 6.42 Å². The minimum Gasteiger partial charge on any atom is -0.496 e. The zero-order chi connectivity index (χ0) is 16.3. The fourth-order valence-corrected chi connectivity index (χ4v) is 2.62. The van der Waals surface area contributed by atoms with Crippen LogP contribution in [0.4, 0.5) is 5.69 Å². The average Bonchev–Trinajstić information content (AvgIpc) is 2.95. The predicted octanol–water partition coefficient (Wildman–Crippen LogP) is 2.82. The molecule has 1 aliphatic rings. The van der Waals surface area contributed by atoms with Crippen LogP contribution in [0.5, 0.6) is 5.75 Å². The lowest BCUT2D eigenvalue weighted by molar-refractivity contribution is 0.0396. The fourth-order valence-electron chi connectivity index (χ4n) is 2.45. The van der Waals surface area contributed by atoms with Gasteiger partial charge in [-0.1, -0.05) is 25.4 Å². The molecule has 0 radical (unpaired) electrons. The van der Waals surface area contributed by atoms with Gasteiger partial charge in [0.1, 0.15) is 5.75 Å². The lowest BCUT2D eigenvalue weighted by Gasteiger charge is -2.19. The van der Waals surface area contributed by atoms with Gasteiger partial charge in [-0.25, -0.2) is 0 Å². The van der Waals surface area contributed by atoms with E-state index in [1.54, 1.807) is 17.0 Å². The molecular formula is C16H23ClN2O3. The number of carbonyl (C=O) groups is 1. The van der Waals surface area contributed by atoms with Gasteiger partial charge in [0.05, 0.1) is 29.5 Å². The van der Waals surface area contributed by atoms with Gasteiger partial charge in [0.2, 0.25) is 0 Å². The summed E-state index contributed by atoms with van der Waals surface area (Å²) < 4.78 is 11.1. The van der Waals surface area contributed by atoms with Crippen molar-refractivity contribution in [2.24, 2.45) is 5.92 Å². The van der Waals surface area contributed by atoms with E-state index in [-0.39, 0.29) is 12.0 Å². The molecule has 22 heavy (non-hydrogen) atoms. The van der Waals surface area contributed by atoms with Crippen LogP contribution in [0.3, 0.4) is 0 Å². The maximum Gasteiger partial charge on any atom is 0.257 e. The van der Waals surface area contributed by atoms with Crippen LogP contribution in [-0.4, -0.2) is 43.7 Å². The van der Waals surface area contributed by atoms with E-state index in [1.807, 2.05) is 0 Å². The molecule has 1 unspecified atom stereocenters. The number of likely N-dealkylation sites (tertiary alicyclic amines) is 1. The molecule has 5 nitrogen and oxygen atoms in total. The highest BCUT2D eigenvalue weighted by atomic mass is 35.5. The SMILES string of the molecule is COc1cc(N)c(Cl)cc1C(=O)N1CCC(OCC(C)C)C1. The molecule has 1 aromatic carbocycles. The monoisotopic (exact) mass is 326 g/mol. The normalized spacial score (nSPS) is 18.0. The van der Waals surface area contributed by atoms with Gasteiger partial charge in [-0.3, -0.25) is 4.79 Å². The van der Waals surface area contributed by atoms with E-state index in [4.69, 9.17) is 26.8 Å². The smallest absolute Gasteiger partial charge is 0.257 e. The van der Waals surface area contributed by atoms with Crippen molar-refractivity contribution in [2.45, 2.75) is 26.4 Å². The Morgan fingerprint density at radius 1 is 1.50 bits per heavy atom. The minimum absolute atomic E-state index is 0.0987. The van der Waals surface area contributed by atoms with Crippen LogP contribution in [0.2, 0.25) is 5.02 Å². The number of methoxy groups -OCH3 is 1. The highest BCUT2D eigenvalue weighted by molar-refractivity contribution is 6.33. The molecule has 0 bridgehead atoms. The number of hydrogen-bond donors (Lipinski definition) is 1. The quantitative estimate of drug-likeness (QED) is 0.845. The third kappa shape index (κ3) is 3.84. The maximum atomic E-state index is 12.7. The Bertz CT molecular complexity index is 548. The number of carbonyl (C=O) groups excluding carboxylic acids is 1. The maximum absolute atomic E-state index is 12.7. The van der Waals surface area contributed by atoms with Crippen LogP contribution in [0.15, 0.2) is 12.1 Å². The zero-order valence-electron chi connectivity index (χ0n) is 13.3. The highest BCUT2D eigenvalue weighted by Gasteiger charge is 2.29. The van der Waals surface area contributed by atoms with Gasteiger partial charge >= 0.3 is 0 Å². The number of hydrogen-bond acceptors (Lipinski definition) is 4. The first-order chi connectivity index (χ1) is 10.4. The predicted molar refractivity (Wildman–Crippen MR) is 87.5 cm³/mol. The standard InChI is InChI=1S/C16H23ClN2O3/c1-10(2)9-22-11-4-5-19(8-11)16(20)12-6-13(17)14(18)7-15(12)21-3/h6-7,10-11H,4-5,8-9,18H2,1-3H3. The van der Waals surface area contributed by atoms with E-state index in [0.29, 0.717) is 47.6 Å². The molecule has 1 fully saturated rings. The molecule has 0 spiro atoms. The third-order valence-electron chi connectivity index (χ3n) is 3.65. The Kier molecular flexibility index (Phi) is 5.53. The highest BCUT2D eigenvalue weighted by Crippen LogP contribution is 2.30. The summed E-state index contributed by atoms with van der Waals surface area (Å²) in [5, 5.41) is 0.357. The molecule has 122 valence electrons. The number of amides is 1.